The van der Waals surface area contributed by atoms with Crippen molar-refractivity contribution in [2.75, 3.05) is 5.32 Å². The Balaban J connectivity index is 1.85. The fraction of sp³-hybridized carbons (Fsp3) is 0.190. The lowest BCUT2D eigenvalue weighted by Gasteiger charge is -2.08. The molecule has 0 aliphatic rings. The highest BCUT2D eigenvalue weighted by Gasteiger charge is 2.23. The number of hydrogen-bond donors (Lipinski definition) is 1. The molecule has 4 rings (SSSR count). The van der Waals surface area contributed by atoms with Gasteiger partial charge in [-0.25, -0.2) is 9.37 Å². The van der Waals surface area contributed by atoms with Gasteiger partial charge in [-0.05, 0) is 62.2 Å². The Morgan fingerprint density at radius 2 is 1.96 bits per heavy atom. The van der Waals surface area contributed by atoms with Gasteiger partial charge in [-0.3, -0.25) is 9.20 Å². The van der Waals surface area contributed by atoms with Gasteiger partial charge in [-0.15, -0.1) is 0 Å². The predicted molar refractivity (Wildman–Crippen MR) is 104 cm³/mol. The van der Waals surface area contributed by atoms with Crippen molar-refractivity contribution in [2.24, 2.45) is 0 Å². The lowest BCUT2D eigenvalue weighted by molar-refractivity contribution is 0.102. The second kappa shape index (κ2) is 6.92. The highest BCUT2D eigenvalue weighted by Crippen LogP contribution is 2.30. The number of aromatic nitrogens is 3. The molecule has 3 aromatic heterocycles. The molecule has 0 aliphatic carbocycles. The number of amides is 1. The molecule has 1 amide bonds. The smallest absolute Gasteiger partial charge is 0.262 e. The molecule has 0 unspecified atom stereocenters. The van der Waals surface area contributed by atoms with E-state index in [2.05, 4.69) is 15.5 Å². The first-order valence-electron chi connectivity index (χ1n) is 8.99. The van der Waals surface area contributed by atoms with Crippen LogP contribution in [0, 0.1) is 19.7 Å². The van der Waals surface area contributed by atoms with E-state index in [1.54, 1.807) is 23.5 Å². The Morgan fingerprint density at radius 1 is 1.21 bits per heavy atom. The van der Waals surface area contributed by atoms with Gasteiger partial charge in [0.2, 0.25) is 0 Å². The van der Waals surface area contributed by atoms with Crippen LogP contribution >= 0.6 is 0 Å². The second-order valence-corrected chi connectivity index (χ2v) is 6.62. The molecular weight excluding hydrogens is 359 g/mol. The molecule has 0 radical (unpaired) electrons. The third-order valence-corrected chi connectivity index (χ3v) is 4.63. The number of nitrogens with one attached hydrogen (secondary N) is 1. The van der Waals surface area contributed by atoms with E-state index in [1.807, 2.05) is 32.2 Å². The number of aryl methyl sites for hydroxylation is 3. The van der Waals surface area contributed by atoms with Gasteiger partial charge in [-0.1, -0.05) is 12.1 Å². The van der Waals surface area contributed by atoms with Crippen molar-refractivity contribution in [3.63, 3.8) is 0 Å². The summed E-state index contributed by atoms with van der Waals surface area (Å²) in [5.41, 5.74) is 4.02. The molecular formula is C21H19FN4O2. The maximum Gasteiger partial charge on any atom is 0.262 e. The lowest BCUT2D eigenvalue weighted by atomic mass is 10.1. The number of carbonyl (C=O) groups is 1. The standard InChI is InChI=1S/C21H19FN4O2/c1-4-16-18(13(3)28-25-16)21(27)24-20-19(14-5-7-15(22)8-6-14)23-17-11-12(2)9-10-26(17)20/h5-11H,4H2,1-3H3,(H,24,27). The molecule has 7 heteroatoms. The van der Waals surface area contributed by atoms with Crippen LogP contribution in [0.15, 0.2) is 47.1 Å². The van der Waals surface area contributed by atoms with Crippen LogP contribution in [0.5, 0.6) is 0 Å². The van der Waals surface area contributed by atoms with Crippen LogP contribution in [0.25, 0.3) is 16.9 Å². The molecule has 3 heterocycles. The van der Waals surface area contributed by atoms with E-state index in [0.717, 1.165) is 5.56 Å². The molecule has 142 valence electrons. The fourth-order valence-electron chi connectivity index (χ4n) is 3.20. The van der Waals surface area contributed by atoms with Gasteiger partial charge in [0, 0.05) is 11.8 Å². The Hall–Kier alpha value is -3.48. The van der Waals surface area contributed by atoms with Crippen LogP contribution in [-0.4, -0.2) is 20.4 Å². The molecule has 0 saturated carbocycles. The molecule has 0 saturated heterocycles. The summed E-state index contributed by atoms with van der Waals surface area (Å²) in [6, 6.07) is 9.88. The van der Waals surface area contributed by atoms with Gasteiger partial charge in [0.25, 0.3) is 5.91 Å². The van der Waals surface area contributed by atoms with E-state index >= 15 is 0 Å². The molecule has 6 nitrogen and oxygen atoms in total. The van der Waals surface area contributed by atoms with Crippen molar-refractivity contribution >= 4 is 17.4 Å². The van der Waals surface area contributed by atoms with Crippen molar-refractivity contribution in [3.8, 4) is 11.3 Å². The third kappa shape index (κ3) is 3.05. The number of halogens is 1. The van der Waals surface area contributed by atoms with Gasteiger partial charge in [0.1, 0.15) is 34.3 Å². The third-order valence-electron chi connectivity index (χ3n) is 4.63. The monoisotopic (exact) mass is 378 g/mol. The lowest BCUT2D eigenvalue weighted by Crippen LogP contribution is -2.16. The summed E-state index contributed by atoms with van der Waals surface area (Å²) in [6.07, 6.45) is 2.43. The van der Waals surface area contributed by atoms with Crippen LogP contribution in [0.4, 0.5) is 10.2 Å². The Kier molecular flexibility index (Phi) is 4.43. The highest BCUT2D eigenvalue weighted by atomic mass is 19.1. The Morgan fingerprint density at radius 3 is 2.68 bits per heavy atom. The van der Waals surface area contributed by atoms with Crippen molar-refractivity contribution in [1.82, 2.24) is 14.5 Å². The molecule has 0 fully saturated rings. The average molecular weight is 378 g/mol. The number of nitrogens with zero attached hydrogens (tertiary/aromatic N) is 3. The van der Waals surface area contributed by atoms with E-state index in [1.165, 1.54) is 12.1 Å². The SMILES string of the molecule is CCc1noc(C)c1C(=O)Nc1c(-c2ccc(F)cc2)nc2cc(C)ccn12. The summed E-state index contributed by atoms with van der Waals surface area (Å²) in [7, 11) is 0. The van der Waals surface area contributed by atoms with Crippen molar-refractivity contribution < 1.29 is 13.7 Å². The summed E-state index contributed by atoms with van der Waals surface area (Å²) in [4.78, 5) is 17.7. The molecule has 0 spiro atoms. The molecule has 28 heavy (non-hydrogen) atoms. The second-order valence-electron chi connectivity index (χ2n) is 6.62. The highest BCUT2D eigenvalue weighted by molar-refractivity contribution is 6.07. The van der Waals surface area contributed by atoms with Crippen LogP contribution in [0.1, 0.15) is 34.3 Å². The van der Waals surface area contributed by atoms with Crippen LogP contribution in [-0.2, 0) is 6.42 Å². The quantitative estimate of drug-likeness (QED) is 0.565. The number of carbonyl (C=O) groups excluding carboxylic acids is 1. The summed E-state index contributed by atoms with van der Waals surface area (Å²) in [5.74, 6) is 0.319. The first-order valence-corrected chi connectivity index (χ1v) is 8.99. The van der Waals surface area contributed by atoms with Gasteiger partial charge < -0.3 is 9.84 Å². The maximum atomic E-state index is 13.4. The Labute approximate surface area is 161 Å². The van der Waals surface area contributed by atoms with Gasteiger partial charge in [0.15, 0.2) is 0 Å². The van der Waals surface area contributed by atoms with E-state index in [0.29, 0.717) is 46.2 Å². The first-order chi connectivity index (χ1) is 13.5. The number of hydrogen-bond acceptors (Lipinski definition) is 4. The fourth-order valence-corrected chi connectivity index (χ4v) is 3.20. The zero-order valence-corrected chi connectivity index (χ0v) is 15.8. The van der Waals surface area contributed by atoms with Crippen LogP contribution in [0.3, 0.4) is 0 Å². The predicted octanol–water partition coefficient (Wildman–Crippen LogP) is 4.56. The van der Waals surface area contributed by atoms with E-state index in [4.69, 9.17) is 4.52 Å². The van der Waals surface area contributed by atoms with Gasteiger partial charge >= 0.3 is 0 Å². The van der Waals surface area contributed by atoms with E-state index < -0.39 is 0 Å². The van der Waals surface area contributed by atoms with Crippen LogP contribution in [0.2, 0.25) is 0 Å². The summed E-state index contributed by atoms with van der Waals surface area (Å²) in [5, 5.41) is 6.90. The summed E-state index contributed by atoms with van der Waals surface area (Å²) >= 11 is 0. The summed E-state index contributed by atoms with van der Waals surface area (Å²) in [6.45, 7) is 5.59. The molecule has 0 aliphatic heterocycles. The zero-order valence-electron chi connectivity index (χ0n) is 15.8. The number of anilines is 1. The molecule has 0 bridgehead atoms. The number of imidazole rings is 1. The number of pyridine rings is 1. The number of rotatable bonds is 4. The summed E-state index contributed by atoms with van der Waals surface area (Å²) < 4.78 is 20.4. The maximum absolute atomic E-state index is 13.4. The minimum Gasteiger partial charge on any atom is -0.361 e. The topological polar surface area (TPSA) is 72.4 Å². The zero-order chi connectivity index (χ0) is 19.8. The minimum atomic E-state index is -0.332. The van der Waals surface area contributed by atoms with Gasteiger partial charge in [0.05, 0.1) is 5.69 Å². The van der Waals surface area contributed by atoms with Crippen molar-refractivity contribution in [1.29, 1.82) is 0 Å². The molecule has 1 aromatic carbocycles. The molecule has 1 N–H and O–H groups in total. The number of benzene rings is 1. The minimum absolute atomic E-state index is 0.318. The Bertz CT molecular complexity index is 1180. The first kappa shape index (κ1) is 17.9. The molecule has 4 aromatic rings. The van der Waals surface area contributed by atoms with E-state index in [-0.39, 0.29) is 11.7 Å². The van der Waals surface area contributed by atoms with Gasteiger partial charge in [-0.2, -0.15) is 0 Å². The average Bonchev–Trinajstić information content (AvgIpc) is 3.22. The van der Waals surface area contributed by atoms with Crippen molar-refractivity contribution in [3.05, 3.63) is 71.0 Å². The van der Waals surface area contributed by atoms with Crippen molar-refractivity contribution in [2.45, 2.75) is 27.2 Å². The number of fused-ring (bicyclic) bond motifs is 1. The normalized spacial score (nSPS) is 11.1. The largest absolute Gasteiger partial charge is 0.361 e. The molecule has 0 atom stereocenters. The van der Waals surface area contributed by atoms with Crippen LogP contribution < -0.4 is 5.32 Å². The van der Waals surface area contributed by atoms with E-state index in [9.17, 15) is 9.18 Å².